The standard InChI is InChI=1S/C40H45F3N6O5/c1-26-15-18-49(46-26)32-21-30(29-11-7-4-8-12-29)13-14-31(32)36(40(41,42)43)54-35-22-34(44-27(2)45-35)47-19-16-39(17-20-47)23-33(37(50)51)48(25-39)38(52)53-24-28-9-5-3-6-10-28/h3,5-6,9-10,13-15,18,21-22,29,33,36H,4,7-8,11-12,16-17,19-20,23-25H2,1-2H3,(H,50,51)/t33-,36+/m0/s1. The van der Waals surface area contributed by atoms with Crippen LogP contribution in [0.3, 0.4) is 0 Å². The highest BCUT2D eigenvalue weighted by Crippen LogP contribution is 2.45. The average Bonchev–Trinajstić information content (AvgIpc) is 3.77. The highest BCUT2D eigenvalue weighted by molar-refractivity contribution is 5.81. The Kier molecular flexibility index (Phi) is 10.5. The van der Waals surface area contributed by atoms with Crippen LogP contribution in [-0.2, 0) is 16.1 Å². The lowest BCUT2D eigenvalue weighted by molar-refractivity contribution is -0.198. The Morgan fingerprint density at radius 1 is 0.981 bits per heavy atom. The number of rotatable bonds is 9. The Labute approximate surface area is 312 Å². The maximum atomic E-state index is 15.0. The van der Waals surface area contributed by atoms with Crippen LogP contribution < -0.4 is 9.64 Å². The summed E-state index contributed by atoms with van der Waals surface area (Å²) < 4.78 is 57.8. The van der Waals surface area contributed by atoms with E-state index >= 15 is 0 Å². The lowest BCUT2D eigenvalue weighted by Gasteiger charge is -2.39. The Morgan fingerprint density at radius 3 is 2.39 bits per heavy atom. The van der Waals surface area contributed by atoms with Crippen molar-refractivity contribution in [3.05, 3.63) is 95.1 Å². The summed E-state index contributed by atoms with van der Waals surface area (Å²) in [7, 11) is 0. The van der Waals surface area contributed by atoms with Gasteiger partial charge in [0, 0.05) is 37.5 Å². The fourth-order valence-corrected chi connectivity index (χ4v) is 8.24. The Bertz CT molecular complexity index is 1960. The zero-order valence-electron chi connectivity index (χ0n) is 30.5. The molecule has 2 aliphatic heterocycles. The molecule has 1 amide bonds. The van der Waals surface area contributed by atoms with Crippen molar-refractivity contribution in [3.8, 4) is 11.6 Å². The maximum Gasteiger partial charge on any atom is 0.429 e. The number of hydrogen-bond donors (Lipinski definition) is 1. The van der Waals surface area contributed by atoms with Gasteiger partial charge in [-0.15, -0.1) is 0 Å². The van der Waals surface area contributed by atoms with E-state index in [0.29, 0.717) is 43.1 Å². The molecule has 2 saturated heterocycles. The molecule has 7 rings (SSSR count). The summed E-state index contributed by atoms with van der Waals surface area (Å²) in [6, 6.07) is 16.5. The predicted molar refractivity (Wildman–Crippen MR) is 194 cm³/mol. The van der Waals surface area contributed by atoms with E-state index in [2.05, 4.69) is 15.1 Å². The SMILES string of the molecule is Cc1ccn(-c2cc(C3CCCCC3)ccc2[C@@H](Oc2cc(N3CCC4(CC3)C[C@@H](C(=O)O)N(C(=O)OCc3ccccc3)C4)nc(C)n2)C(F)(F)F)n1. The van der Waals surface area contributed by atoms with Gasteiger partial charge in [0.15, 0.2) is 0 Å². The number of likely N-dealkylation sites (tertiary alicyclic amines) is 1. The minimum atomic E-state index is -4.78. The molecule has 11 nitrogen and oxygen atoms in total. The molecule has 14 heteroatoms. The number of alkyl halides is 3. The van der Waals surface area contributed by atoms with Gasteiger partial charge in [0.05, 0.1) is 11.4 Å². The van der Waals surface area contributed by atoms with Crippen LogP contribution in [0, 0.1) is 19.3 Å². The molecule has 1 N–H and O–H groups in total. The molecule has 1 saturated carbocycles. The summed E-state index contributed by atoms with van der Waals surface area (Å²) in [5, 5.41) is 14.5. The Morgan fingerprint density at radius 2 is 1.72 bits per heavy atom. The summed E-state index contributed by atoms with van der Waals surface area (Å²) in [4.78, 5) is 37.4. The van der Waals surface area contributed by atoms with Crippen molar-refractivity contribution in [1.82, 2.24) is 24.6 Å². The molecule has 4 aromatic rings. The van der Waals surface area contributed by atoms with E-state index in [1.165, 1.54) is 21.7 Å². The summed E-state index contributed by atoms with van der Waals surface area (Å²) in [6.07, 6.45) is 0.591. The molecule has 4 heterocycles. The monoisotopic (exact) mass is 746 g/mol. The molecular formula is C40H45F3N6O5. The minimum absolute atomic E-state index is 0.0337. The first kappa shape index (κ1) is 37.2. The third-order valence-electron chi connectivity index (χ3n) is 11.1. The first-order valence-corrected chi connectivity index (χ1v) is 18.6. The Balaban J connectivity index is 1.09. The van der Waals surface area contributed by atoms with Gasteiger partial charge in [-0.2, -0.15) is 23.3 Å². The molecule has 0 bridgehead atoms. The van der Waals surface area contributed by atoms with Crippen LogP contribution in [0.25, 0.3) is 5.69 Å². The van der Waals surface area contributed by atoms with Crippen LogP contribution in [0.4, 0.5) is 23.8 Å². The van der Waals surface area contributed by atoms with Gasteiger partial charge < -0.3 is 19.5 Å². The number of aryl methyl sites for hydroxylation is 2. The molecule has 1 aliphatic carbocycles. The number of halogens is 3. The fourth-order valence-electron chi connectivity index (χ4n) is 8.24. The number of aliphatic carboxylic acids is 1. The van der Waals surface area contributed by atoms with E-state index in [4.69, 9.17) is 9.47 Å². The van der Waals surface area contributed by atoms with Gasteiger partial charge in [0.25, 0.3) is 0 Å². The zero-order valence-corrected chi connectivity index (χ0v) is 30.5. The second-order valence-corrected chi connectivity index (χ2v) is 14.9. The maximum absolute atomic E-state index is 15.0. The summed E-state index contributed by atoms with van der Waals surface area (Å²) in [5.41, 5.74) is 2.26. The van der Waals surface area contributed by atoms with E-state index in [1.54, 1.807) is 32.2 Å². The number of piperidine rings is 1. The first-order chi connectivity index (χ1) is 25.9. The van der Waals surface area contributed by atoms with E-state index in [1.807, 2.05) is 41.3 Å². The number of carbonyl (C=O) groups is 2. The van der Waals surface area contributed by atoms with Gasteiger partial charge in [-0.25, -0.2) is 19.3 Å². The van der Waals surface area contributed by atoms with Gasteiger partial charge in [-0.05, 0) is 80.5 Å². The number of benzene rings is 2. The van der Waals surface area contributed by atoms with Crippen LogP contribution in [0.1, 0.15) is 91.6 Å². The topological polar surface area (TPSA) is 123 Å². The smallest absolute Gasteiger partial charge is 0.429 e. The number of hydrogen-bond acceptors (Lipinski definition) is 8. The second-order valence-electron chi connectivity index (χ2n) is 14.9. The van der Waals surface area contributed by atoms with E-state index in [0.717, 1.165) is 43.2 Å². The van der Waals surface area contributed by atoms with Gasteiger partial charge in [0.2, 0.25) is 12.0 Å². The highest BCUT2D eigenvalue weighted by Gasteiger charge is 2.51. The van der Waals surface area contributed by atoms with Gasteiger partial charge in [-0.3, -0.25) is 4.90 Å². The number of nitrogens with zero attached hydrogens (tertiary/aromatic N) is 6. The van der Waals surface area contributed by atoms with Gasteiger partial charge >= 0.3 is 18.2 Å². The second kappa shape index (κ2) is 15.3. The van der Waals surface area contributed by atoms with E-state index < -0.39 is 35.8 Å². The van der Waals surface area contributed by atoms with Crippen LogP contribution in [0.15, 0.2) is 66.9 Å². The van der Waals surface area contributed by atoms with E-state index in [9.17, 15) is 27.9 Å². The van der Waals surface area contributed by atoms with Crippen LogP contribution in [0.2, 0.25) is 0 Å². The van der Waals surface area contributed by atoms with Crippen molar-refractivity contribution in [2.75, 3.05) is 24.5 Å². The number of ether oxygens (including phenoxy) is 2. The van der Waals surface area contributed by atoms with Crippen LogP contribution in [-0.4, -0.2) is 73.7 Å². The molecule has 2 aromatic carbocycles. The Hall–Kier alpha value is -5.14. The van der Waals surface area contributed by atoms with Crippen molar-refractivity contribution >= 4 is 17.9 Å². The van der Waals surface area contributed by atoms with Crippen molar-refractivity contribution in [2.24, 2.45) is 5.41 Å². The van der Waals surface area contributed by atoms with Gasteiger partial charge in [0.1, 0.15) is 24.3 Å². The molecule has 2 atom stereocenters. The number of aromatic nitrogens is 4. The van der Waals surface area contributed by atoms with Crippen molar-refractivity contribution in [3.63, 3.8) is 0 Å². The number of carbonyl (C=O) groups excluding carboxylic acids is 1. The van der Waals surface area contributed by atoms with Crippen LogP contribution in [0.5, 0.6) is 5.88 Å². The molecule has 2 aromatic heterocycles. The molecule has 3 fully saturated rings. The van der Waals surface area contributed by atoms with Gasteiger partial charge in [-0.1, -0.05) is 61.7 Å². The number of anilines is 1. The number of amides is 1. The number of carboxylic acid groups (broad SMARTS) is 1. The normalized spacial score (nSPS) is 19.5. The summed E-state index contributed by atoms with van der Waals surface area (Å²) >= 11 is 0. The zero-order chi connectivity index (χ0) is 38.0. The third kappa shape index (κ3) is 8.17. The van der Waals surface area contributed by atoms with Crippen molar-refractivity contribution < 1.29 is 37.3 Å². The molecule has 3 aliphatic rings. The molecule has 0 unspecified atom stereocenters. The first-order valence-electron chi connectivity index (χ1n) is 18.6. The largest absolute Gasteiger partial charge is 0.480 e. The minimum Gasteiger partial charge on any atom is -0.480 e. The summed E-state index contributed by atoms with van der Waals surface area (Å²) in [5.74, 6) is -0.361. The average molecular weight is 747 g/mol. The van der Waals surface area contributed by atoms with Crippen LogP contribution >= 0.6 is 0 Å². The van der Waals surface area contributed by atoms with E-state index in [-0.39, 0.29) is 42.8 Å². The van der Waals surface area contributed by atoms with Crippen molar-refractivity contribution in [1.29, 1.82) is 0 Å². The quantitative estimate of drug-likeness (QED) is 0.181. The molecule has 54 heavy (non-hydrogen) atoms. The molecule has 286 valence electrons. The fraction of sp³-hybridized carbons (Fsp3) is 0.475. The molecular weight excluding hydrogens is 701 g/mol. The van der Waals surface area contributed by atoms with Crippen molar-refractivity contribution in [2.45, 2.75) is 96.1 Å². The highest BCUT2D eigenvalue weighted by atomic mass is 19.4. The summed E-state index contributed by atoms with van der Waals surface area (Å²) in [6.45, 7) is 4.56. The molecule has 0 radical (unpaired) electrons. The lowest BCUT2D eigenvalue weighted by Crippen LogP contribution is -2.43. The predicted octanol–water partition coefficient (Wildman–Crippen LogP) is 8.09. The molecule has 1 spiro atoms. The lowest BCUT2D eigenvalue weighted by atomic mass is 9.76. The third-order valence-corrected chi connectivity index (χ3v) is 11.1. The number of carboxylic acids is 1.